The zero-order valence-electron chi connectivity index (χ0n) is 8.24. The summed E-state index contributed by atoms with van der Waals surface area (Å²) in [6.45, 7) is 3.35. The van der Waals surface area contributed by atoms with Crippen molar-refractivity contribution in [3.63, 3.8) is 0 Å². The molecule has 0 radical (unpaired) electrons. The fourth-order valence-corrected chi connectivity index (χ4v) is 1.24. The highest BCUT2D eigenvalue weighted by atomic mass is 16.1. The van der Waals surface area contributed by atoms with Gasteiger partial charge in [-0.2, -0.15) is 5.26 Å². The molecule has 14 heavy (non-hydrogen) atoms. The molecule has 3 nitrogen and oxygen atoms in total. The van der Waals surface area contributed by atoms with Gasteiger partial charge in [0.1, 0.15) is 6.04 Å². The zero-order valence-corrected chi connectivity index (χ0v) is 8.24. The molecule has 1 N–H and O–H groups in total. The van der Waals surface area contributed by atoms with Crippen molar-refractivity contribution in [1.29, 1.82) is 5.26 Å². The summed E-state index contributed by atoms with van der Waals surface area (Å²) in [6.07, 6.45) is 0. The average Bonchev–Trinajstić information content (AvgIpc) is 2.14. The van der Waals surface area contributed by atoms with Crippen molar-refractivity contribution < 1.29 is 4.79 Å². The molecule has 0 saturated carbocycles. The number of carbonyl (C=O) groups is 1. The maximum absolute atomic E-state index is 10.8. The van der Waals surface area contributed by atoms with Crippen molar-refractivity contribution in [2.45, 2.75) is 19.9 Å². The van der Waals surface area contributed by atoms with E-state index in [-0.39, 0.29) is 5.91 Å². The first kappa shape index (κ1) is 10.3. The quantitative estimate of drug-likeness (QED) is 0.767. The van der Waals surface area contributed by atoms with E-state index < -0.39 is 6.04 Å². The van der Waals surface area contributed by atoms with Gasteiger partial charge in [-0.3, -0.25) is 4.79 Å². The molecule has 1 aromatic rings. The number of nitrogens with zero attached hydrogens (tertiary/aromatic N) is 1. The molecule has 1 amide bonds. The van der Waals surface area contributed by atoms with E-state index in [0.717, 1.165) is 11.1 Å². The van der Waals surface area contributed by atoms with Gasteiger partial charge in [0.05, 0.1) is 6.07 Å². The fraction of sp³-hybridized carbons (Fsp3) is 0.273. The first-order chi connectivity index (χ1) is 6.63. The smallest absolute Gasteiger partial charge is 0.218 e. The maximum atomic E-state index is 10.8. The van der Waals surface area contributed by atoms with Gasteiger partial charge >= 0.3 is 0 Å². The molecule has 0 spiro atoms. The standard InChI is InChI=1S/C11H12N2O/c1-8-4-3-5-10(6-8)11(7-12)13-9(2)14/h3-6,11H,1-2H3,(H,13,14). The lowest BCUT2D eigenvalue weighted by Crippen LogP contribution is -2.24. The zero-order chi connectivity index (χ0) is 10.6. The Morgan fingerprint density at radius 3 is 2.79 bits per heavy atom. The van der Waals surface area contributed by atoms with Crippen LogP contribution in [0.4, 0.5) is 0 Å². The van der Waals surface area contributed by atoms with Gasteiger partial charge in [-0.05, 0) is 12.5 Å². The monoisotopic (exact) mass is 188 g/mol. The van der Waals surface area contributed by atoms with Crippen LogP contribution in [0, 0.1) is 18.3 Å². The highest BCUT2D eigenvalue weighted by molar-refractivity contribution is 5.73. The van der Waals surface area contributed by atoms with Crippen LogP contribution in [0.5, 0.6) is 0 Å². The van der Waals surface area contributed by atoms with Crippen LogP contribution in [0.15, 0.2) is 24.3 Å². The average molecular weight is 188 g/mol. The van der Waals surface area contributed by atoms with Crippen LogP contribution in [0.2, 0.25) is 0 Å². The highest BCUT2D eigenvalue weighted by Crippen LogP contribution is 2.13. The van der Waals surface area contributed by atoms with E-state index in [4.69, 9.17) is 5.26 Å². The number of benzene rings is 1. The third-order valence-electron chi connectivity index (χ3n) is 1.85. The summed E-state index contributed by atoms with van der Waals surface area (Å²) in [5.41, 5.74) is 1.90. The molecule has 0 heterocycles. The maximum Gasteiger partial charge on any atom is 0.218 e. The summed E-state index contributed by atoms with van der Waals surface area (Å²) in [7, 11) is 0. The van der Waals surface area contributed by atoms with Crippen molar-refractivity contribution in [2.24, 2.45) is 0 Å². The molecule has 1 aromatic carbocycles. The van der Waals surface area contributed by atoms with Crippen LogP contribution in [-0.4, -0.2) is 5.91 Å². The summed E-state index contributed by atoms with van der Waals surface area (Å²) < 4.78 is 0. The molecule has 3 heteroatoms. The van der Waals surface area contributed by atoms with Gasteiger partial charge in [0.2, 0.25) is 5.91 Å². The Balaban J connectivity index is 2.90. The van der Waals surface area contributed by atoms with Crippen molar-refractivity contribution in [2.75, 3.05) is 0 Å². The van der Waals surface area contributed by atoms with Crippen LogP contribution >= 0.6 is 0 Å². The second kappa shape index (κ2) is 4.43. The Morgan fingerprint density at radius 1 is 1.57 bits per heavy atom. The lowest BCUT2D eigenvalue weighted by atomic mass is 10.1. The lowest BCUT2D eigenvalue weighted by molar-refractivity contribution is -0.119. The topological polar surface area (TPSA) is 52.9 Å². The molecule has 0 bridgehead atoms. The van der Waals surface area contributed by atoms with Crippen LogP contribution in [0.3, 0.4) is 0 Å². The minimum Gasteiger partial charge on any atom is -0.337 e. The Bertz CT molecular complexity index is 379. The Labute approximate surface area is 83.4 Å². The van der Waals surface area contributed by atoms with E-state index in [9.17, 15) is 4.79 Å². The van der Waals surface area contributed by atoms with Crippen LogP contribution < -0.4 is 5.32 Å². The van der Waals surface area contributed by atoms with Gasteiger partial charge in [-0.15, -0.1) is 0 Å². The molecule has 0 aliphatic carbocycles. The molecule has 72 valence electrons. The molecule has 0 aliphatic heterocycles. The molecular formula is C11H12N2O. The van der Waals surface area contributed by atoms with E-state index in [0.29, 0.717) is 0 Å². The van der Waals surface area contributed by atoms with Crippen molar-refractivity contribution in [1.82, 2.24) is 5.32 Å². The Morgan fingerprint density at radius 2 is 2.29 bits per heavy atom. The summed E-state index contributed by atoms with van der Waals surface area (Å²) >= 11 is 0. The second-order valence-corrected chi connectivity index (χ2v) is 3.18. The molecule has 0 aromatic heterocycles. The fourth-order valence-electron chi connectivity index (χ4n) is 1.24. The van der Waals surface area contributed by atoms with Gasteiger partial charge < -0.3 is 5.32 Å². The molecule has 0 fully saturated rings. The van der Waals surface area contributed by atoms with Crippen molar-refractivity contribution >= 4 is 5.91 Å². The SMILES string of the molecule is CC(=O)NC(C#N)c1cccc(C)c1. The largest absolute Gasteiger partial charge is 0.337 e. The van der Waals surface area contributed by atoms with Gasteiger partial charge in [-0.1, -0.05) is 29.8 Å². The van der Waals surface area contributed by atoms with Crippen molar-refractivity contribution in [3.05, 3.63) is 35.4 Å². The van der Waals surface area contributed by atoms with E-state index in [2.05, 4.69) is 5.32 Å². The van der Waals surface area contributed by atoms with E-state index in [1.54, 1.807) is 0 Å². The number of hydrogen-bond acceptors (Lipinski definition) is 2. The highest BCUT2D eigenvalue weighted by Gasteiger charge is 2.10. The van der Waals surface area contributed by atoms with E-state index in [1.165, 1.54) is 6.92 Å². The number of nitriles is 1. The normalized spacial score (nSPS) is 11.5. The van der Waals surface area contributed by atoms with Gasteiger partial charge in [0.15, 0.2) is 0 Å². The minimum atomic E-state index is -0.549. The van der Waals surface area contributed by atoms with Gasteiger partial charge in [0, 0.05) is 6.92 Å². The molecule has 1 unspecified atom stereocenters. The summed E-state index contributed by atoms with van der Waals surface area (Å²) in [5.74, 6) is -0.196. The third kappa shape index (κ3) is 2.60. The Kier molecular flexibility index (Phi) is 3.24. The summed E-state index contributed by atoms with van der Waals surface area (Å²) in [4.78, 5) is 10.8. The summed E-state index contributed by atoms with van der Waals surface area (Å²) in [5, 5.41) is 11.4. The second-order valence-electron chi connectivity index (χ2n) is 3.18. The third-order valence-corrected chi connectivity index (χ3v) is 1.85. The number of carbonyl (C=O) groups excluding carboxylic acids is 1. The first-order valence-corrected chi connectivity index (χ1v) is 4.37. The van der Waals surface area contributed by atoms with Crippen LogP contribution in [0.1, 0.15) is 24.1 Å². The molecule has 0 saturated heterocycles. The number of rotatable bonds is 2. The van der Waals surface area contributed by atoms with Gasteiger partial charge in [-0.25, -0.2) is 0 Å². The number of aryl methyl sites for hydroxylation is 1. The van der Waals surface area contributed by atoms with E-state index >= 15 is 0 Å². The number of amides is 1. The Hall–Kier alpha value is -1.82. The molecular weight excluding hydrogens is 176 g/mol. The van der Waals surface area contributed by atoms with Crippen LogP contribution in [0.25, 0.3) is 0 Å². The lowest BCUT2D eigenvalue weighted by Gasteiger charge is -2.10. The van der Waals surface area contributed by atoms with E-state index in [1.807, 2.05) is 37.3 Å². The number of hydrogen-bond donors (Lipinski definition) is 1. The predicted molar refractivity (Wildman–Crippen MR) is 53.3 cm³/mol. The molecule has 0 aliphatic rings. The minimum absolute atomic E-state index is 0.196. The first-order valence-electron chi connectivity index (χ1n) is 4.37. The molecule has 1 rings (SSSR count). The molecule has 1 atom stereocenters. The van der Waals surface area contributed by atoms with Crippen LogP contribution in [-0.2, 0) is 4.79 Å². The van der Waals surface area contributed by atoms with Crippen molar-refractivity contribution in [3.8, 4) is 6.07 Å². The summed E-state index contributed by atoms with van der Waals surface area (Å²) in [6, 6.07) is 9.04. The predicted octanol–water partition coefficient (Wildman–Crippen LogP) is 1.70. The number of nitrogens with one attached hydrogen (secondary N) is 1. The van der Waals surface area contributed by atoms with Gasteiger partial charge in [0.25, 0.3) is 0 Å².